The number of aromatic nitrogens is 2. The van der Waals surface area contributed by atoms with Crippen molar-refractivity contribution in [3.05, 3.63) is 64.6 Å². The smallest absolute Gasteiger partial charge is 0.270 e. The van der Waals surface area contributed by atoms with E-state index in [1.807, 2.05) is 39.9 Å². The van der Waals surface area contributed by atoms with Crippen molar-refractivity contribution < 1.29 is 13.3 Å². The lowest BCUT2D eigenvalue weighted by atomic mass is 10.2. The van der Waals surface area contributed by atoms with E-state index in [0.29, 0.717) is 38.4 Å². The largest absolute Gasteiger partial charge is 0.368 e. The minimum atomic E-state index is -3.85. The van der Waals surface area contributed by atoms with Crippen LogP contribution in [0, 0.1) is 10.1 Å². The molecular formula is C22H28N6O4S. The first kappa shape index (κ1) is 23.1. The van der Waals surface area contributed by atoms with Gasteiger partial charge in [-0.3, -0.25) is 15.0 Å². The number of piperazine rings is 1. The Bertz CT molecular complexity index is 1210. The van der Waals surface area contributed by atoms with Crippen LogP contribution in [-0.2, 0) is 16.6 Å². The van der Waals surface area contributed by atoms with Crippen molar-refractivity contribution in [2.45, 2.75) is 25.3 Å². The zero-order valence-corrected chi connectivity index (χ0v) is 19.6. The average Bonchev–Trinajstić information content (AvgIpc) is 3.22. The van der Waals surface area contributed by atoms with Crippen LogP contribution in [0.3, 0.4) is 0 Å². The summed E-state index contributed by atoms with van der Waals surface area (Å²) in [7, 11) is -3.85. The van der Waals surface area contributed by atoms with Gasteiger partial charge in [-0.1, -0.05) is 19.9 Å². The second kappa shape index (κ2) is 9.46. The number of fused-ring (bicyclic) bond motifs is 1. The number of sulfonamides is 1. The fourth-order valence-corrected chi connectivity index (χ4v) is 5.92. The van der Waals surface area contributed by atoms with Crippen molar-refractivity contribution in [1.29, 1.82) is 0 Å². The lowest BCUT2D eigenvalue weighted by molar-refractivity contribution is -0.385. The molecule has 10 nitrogen and oxygen atoms in total. The number of nitrogens with zero attached hydrogens (tertiary/aromatic N) is 6. The maximum absolute atomic E-state index is 13.3. The van der Waals surface area contributed by atoms with Crippen LogP contribution in [0.5, 0.6) is 0 Å². The monoisotopic (exact) mass is 472 g/mol. The second-order valence-corrected chi connectivity index (χ2v) is 9.87. The number of nitro groups is 1. The third kappa shape index (κ3) is 4.70. The summed E-state index contributed by atoms with van der Waals surface area (Å²) in [5, 5.41) is 11.3. The molecule has 1 aliphatic heterocycles. The van der Waals surface area contributed by atoms with Crippen LogP contribution in [0.4, 0.5) is 11.4 Å². The van der Waals surface area contributed by atoms with Crippen molar-refractivity contribution in [1.82, 2.24) is 18.6 Å². The molecule has 3 aromatic rings. The molecule has 0 spiro atoms. The van der Waals surface area contributed by atoms with Gasteiger partial charge in [-0.2, -0.15) is 4.31 Å². The Labute approximate surface area is 193 Å². The maximum Gasteiger partial charge on any atom is 0.270 e. The van der Waals surface area contributed by atoms with Gasteiger partial charge in [-0.05, 0) is 18.2 Å². The summed E-state index contributed by atoms with van der Waals surface area (Å²) in [4.78, 5) is 19.7. The number of non-ortho nitro benzene ring substituents is 1. The van der Waals surface area contributed by atoms with E-state index in [1.165, 1.54) is 16.4 Å². The molecule has 1 saturated heterocycles. The van der Waals surface area contributed by atoms with Crippen LogP contribution < -0.4 is 4.90 Å². The maximum atomic E-state index is 13.3. The Morgan fingerprint density at radius 2 is 1.82 bits per heavy atom. The van der Waals surface area contributed by atoms with E-state index >= 15 is 0 Å². The highest BCUT2D eigenvalue weighted by Gasteiger charge is 2.30. The predicted octanol–water partition coefficient (Wildman–Crippen LogP) is 2.60. The van der Waals surface area contributed by atoms with Crippen molar-refractivity contribution in [2.75, 3.05) is 44.2 Å². The number of hydrogen-bond acceptors (Lipinski definition) is 7. The molecule has 0 radical (unpaired) electrons. The average molecular weight is 473 g/mol. The van der Waals surface area contributed by atoms with E-state index in [4.69, 9.17) is 0 Å². The molecule has 3 heterocycles. The highest BCUT2D eigenvalue weighted by Crippen LogP contribution is 2.32. The summed E-state index contributed by atoms with van der Waals surface area (Å²) in [6.07, 6.45) is 3.99. The summed E-state index contributed by atoms with van der Waals surface area (Å²) in [5.74, 6) is 0. The summed E-state index contributed by atoms with van der Waals surface area (Å²) in [6, 6.07) is 10.0. The fourth-order valence-electron chi connectivity index (χ4n) is 4.23. The van der Waals surface area contributed by atoms with Gasteiger partial charge in [0.2, 0.25) is 10.0 Å². The number of hydrogen-bond donors (Lipinski definition) is 0. The highest BCUT2D eigenvalue weighted by molar-refractivity contribution is 7.89. The number of nitro benzene ring substituents is 1. The zero-order valence-electron chi connectivity index (χ0n) is 18.8. The number of rotatable bonds is 8. The van der Waals surface area contributed by atoms with Crippen molar-refractivity contribution in [3.63, 3.8) is 0 Å². The third-order valence-electron chi connectivity index (χ3n) is 5.99. The molecule has 0 bridgehead atoms. The van der Waals surface area contributed by atoms with Crippen LogP contribution in [0.15, 0.2) is 53.7 Å². The Hall–Kier alpha value is -3.02. The fraction of sp³-hybridized carbons (Fsp3) is 0.409. The van der Waals surface area contributed by atoms with E-state index in [0.717, 1.165) is 24.4 Å². The van der Waals surface area contributed by atoms with E-state index in [-0.39, 0.29) is 10.6 Å². The molecule has 0 amide bonds. The molecule has 176 valence electrons. The molecule has 33 heavy (non-hydrogen) atoms. The molecule has 2 aromatic heterocycles. The van der Waals surface area contributed by atoms with Gasteiger partial charge in [-0.25, -0.2) is 13.4 Å². The van der Waals surface area contributed by atoms with Gasteiger partial charge in [0.25, 0.3) is 5.69 Å². The number of benzene rings is 1. The Morgan fingerprint density at radius 1 is 1.09 bits per heavy atom. The van der Waals surface area contributed by atoms with E-state index in [2.05, 4.69) is 9.88 Å². The first-order chi connectivity index (χ1) is 15.8. The van der Waals surface area contributed by atoms with Crippen molar-refractivity contribution >= 4 is 27.0 Å². The topological polar surface area (TPSA) is 104 Å². The van der Waals surface area contributed by atoms with Gasteiger partial charge in [0.05, 0.1) is 16.3 Å². The highest BCUT2D eigenvalue weighted by atomic mass is 32.2. The zero-order chi connectivity index (χ0) is 23.6. The lowest BCUT2D eigenvalue weighted by Crippen LogP contribution is -2.46. The van der Waals surface area contributed by atoms with Crippen LogP contribution in [0.1, 0.15) is 19.5 Å². The second-order valence-electron chi connectivity index (χ2n) is 7.96. The molecule has 0 unspecified atom stereocenters. The Balaban J connectivity index is 1.54. The standard InChI is InChI=1S/C22H28N6O4S/c1-3-27(4-2)33(31,32)21-15-19(28(29)30)8-9-20(21)25-13-11-24(12-14-25)16-18-17-26-10-6-5-7-22(26)23-18/h5-10,15,17H,3-4,11-14,16H2,1-2H3. The summed E-state index contributed by atoms with van der Waals surface area (Å²) in [6.45, 7) is 7.53. The molecule has 0 N–H and O–H groups in total. The van der Waals surface area contributed by atoms with Crippen molar-refractivity contribution in [3.8, 4) is 0 Å². The van der Waals surface area contributed by atoms with E-state index in [9.17, 15) is 18.5 Å². The molecule has 1 aromatic carbocycles. The van der Waals surface area contributed by atoms with Crippen LogP contribution >= 0.6 is 0 Å². The first-order valence-electron chi connectivity index (χ1n) is 11.0. The van der Waals surface area contributed by atoms with Gasteiger partial charge in [0, 0.05) is 70.3 Å². The number of anilines is 1. The molecule has 0 atom stereocenters. The molecular weight excluding hydrogens is 444 g/mol. The third-order valence-corrected chi connectivity index (χ3v) is 8.07. The van der Waals surface area contributed by atoms with Gasteiger partial charge < -0.3 is 9.30 Å². The summed E-state index contributed by atoms with van der Waals surface area (Å²) in [5.41, 5.74) is 2.17. The quantitative estimate of drug-likeness (QED) is 0.367. The molecule has 1 aliphatic rings. The van der Waals surface area contributed by atoms with Gasteiger partial charge in [0.1, 0.15) is 10.5 Å². The summed E-state index contributed by atoms with van der Waals surface area (Å²) < 4.78 is 29.9. The van der Waals surface area contributed by atoms with Crippen molar-refractivity contribution in [2.24, 2.45) is 0 Å². The van der Waals surface area contributed by atoms with Crippen LogP contribution in [0.25, 0.3) is 5.65 Å². The Kier molecular flexibility index (Phi) is 6.63. The van der Waals surface area contributed by atoms with E-state index in [1.54, 1.807) is 19.9 Å². The van der Waals surface area contributed by atoms with Crippen LogP contribution in [-0.4, -0.2) is 71.2 Å². The molecule has 0 aliphatic carbocycles. The number of imidazole rings is 1. The minimum absolute atomic E-state index is 0.00537. The van der Waals surface area contributed by atoms with Gasteiger partial charge >= 0.3 is 0 Å². The normalized spacial score (nSPS) is 15.4. The Morgan fingerprint density at radius 3 is 2.45 bits per heavy atom. The first-order valence-corrected chi connectivity index (χ1v) is 12.5. The molecule has 0 saturated carbocycles. The molecule has 11 heteroatoms. The van der Waals surface area contributed by atoms with E-state index < -0.39 is 14.9 Å². The lowest BCUT2D eigenvalue weighted by Gasteiger charge is -2.36. The molecule has 1 fully saturated rings. The minimum Gasteiger partial charge on any atom is -0.368 e. The predicted molar refractivity (Wildman–Crippen MR) is 126 cm³/mol. The SMILES string of the molecule is CCN(CC)S(=O)(=O)c1cc([N+](=O)[O-])ccc1N1CCN(Cc2cn3ccccc3n2)CC1. The van der Waals surface area contributed by atoms with Crippen LogP contribution in [0.2, 0.25) is 0 Å². The van der Waals surface area contributed by atoms with Gasteiger partial charge in [0.15, 0.2) is 0 Å². The summed E-state index contributed by atoms with van der Waals surface area (Å²) >= 11 is 0. The molecule has 4 rings (SSSR count). The number of pyridine rings is 1. The van der Waals surface area contributed by atoms with Gasteiger partial charge in [-0.15, -0.1) is 0 Å².